The lowest BCUT2D eigenvalue weighted by Gasteiger charge is -2.28. The van der Waals surface area contributed by atoms with Crippen LogP contribution < -0.4 is 5.73 Å². The largest absolute Gasteiger partial charge is 0.327 e. The summed E-state index contributed by atoms with van der Waals surface area (Å²) >= 11 is 0. The summed E-state index contributed by atoms with van der Waals surface area (Å²) in [6, 6.07) is 0.223. The maximum Gasteiger partial charge on any atom is 0.152 e. The third-order valence-corrected chi connectivity index (χ3v) is 5.70. The summed E-state index contributed by atoms with van der Waals surface area (Å²) in [5.41, 5.74) is 5.99. The summed E-state index contributed by atoms with van der Waals surface area (Å²) in [6.07, 6.45) is 5.33. The molecule has 2 atom stereocenters. The highest BCUT2D eigenvalue weighted by Crippen LogP contribution is 2.26. The van der Waals surface area contributed by atoms with Gasteiger partial charge >= 0.3 is 0 Å². The van der Waals surface area contributed by atoms with Crippen LogP contribution in [-0.2, 0) is 9.84 Å². The van der Waals surface area contributed by atoms with E-state index < -0.39 is 9.84 Å². The van der Waals surface area contributed by atoms with Gasteiger partial charge < -0.3 is 5.73 Å². The number of hydrogen-bond acceptors (Lipinski definition) is 3. The van der Waals surface area contributed by atoms with Crippen LogP contribution in [0.1, 0.15) is 46.0 Å². The fourth-order valence-electron chi connectivity index (χ4n) is 2.15. The van der Waals surface area contributed by atoms with Gasteiger partial charge in [0.1, 0.15) is 0 Å². The molecule has 15 heavy (non-hydrogen) atoms. The van der Waals surface area contributed by atoms with Crippen molar-refractivity contribution >= 4 is 9.84 Å². The van der Waals surface area contributed by atoms with Crippen molar-refractivity contribution in [2.45, 2.75) is 57.2 Å². The third kappa shape index (κ3) is 3.76. The fourth-order valence-corrected chi connectivity index (χ4v) is 3.25. The Morgan fingerprint density at radius 1 is 1.27 bits per heavy atom. The highest BCUT2D eigenvalue weighted by Gasteiger charge is 2.24. The van der Waals surface area contributed by atoms with E-state index in [4.69, 9.17) is 5.73 Å². The summed E-state index contributed by atoms with van der Waals surface area (Å²) < 4.78 is 23.3. The number of nitrogens with two attached hydrogens (primary N) is 1. The number of rotatable bonds is 4. The molecule has 1 aliphatic rings. The first-order valence-corrected chi connectivity index (χ1v) is 7.62. The van der Waals surface area contributed by atoms with Crippen molar-refractivity contribution in [2.24, 2.45) is 11.7 Å². The molecule has 0 saturated heterocycles. The quantitative estimate of drug-likeness (QED) is 0.804. The molecule has 2 N–H and O–H groups in total. The van der Waals surface area contributed by atoms with E-state index in [0.717, 1.165) is 19.3 Å². The molecule has 0 heterocycles. The standard InChI is InChI=1S/C11H23NO2S/c1-9(2)15(13,14)8-7-10-5-3-4-6-11(10)12/h9-11H,3-8,12H2,1-2H3. The van der Waals surface area contributed by atoms with Crippen LogP contribution in [0.3, 0.4) is 0 Å². The topological polar surface area (TPSA) is 60.2 Å². The van der Waals surface area contributed by atoms with Crippen molar-refractivity contribution in [3.63, 3.8) is 0 Å². The summed E-state index contributed by atoms with van der Waals surface area (Å²) in [5.74, 6) is 0.732. The number of hydrogen-bond donors (Lipinski definition) is 1. The van der Waals surface area contributed by atoms with Crippen molar-refractivity contribution in [2.75, 3.05) is 5.75 Å². The molecule has 0 aromatic rings. The van der Waals surface area contributed by atoms with Crippen LogP contribution in [0, 0.1) is 5.92 Å². The Hall–Kier alpha value is -0.0900. The highest BCUT2D eigenvalue weighted by atomic mass is 32.2. The predicted molar refractivity (Wildman–Crippen MR) is 63.5 cm³/mol. The van der Waals surface area contributed by atoms with E-state index in [2.05, 4.69) is 0 Å². The van der Waals surface area contributed by atoms with Gasteiger partial charge in [0.25, 0.3) is 0 Å². The second-order valence-electron chi connectivity index (χ2n) is 4.91. The monoisotopic (exact) mass is 233 g/mol. The Morgan fingerprint density at radius 3 is 2.40 bits per heavy atom. The van der Waals surface area contributed by atoms with E-state index in [1.807, 2.05) is 0 Å². The van der Waals surface area contributed by atoms with E-state index in [0.29, 0.717) is 11.7 Å². The zero-order chi connectivity index (χ0) is 11.5. The Labute approximate surface area is 93.3 Å². The van der Waals surface area contributed by atoms with Gasteiger partial charge in [0.2, 0.25) is 0 Å². The van der Waals surface area contributed by atoms with E-state index in [1.54, 1.807) is 13.8 Å². The van der Waals surface area contributed by atoms with Crippen LogP contribution in [-0.4, -0.2) is 25.5 Å². The molecule has 1 aliphatic carbocycles. The smallest absolute Gasteiger partial charge is 0.152 e. The van der Waals surface area contributed by atoms with Gasteiger partial charge in [-0.3, -0.25) is 0 Å². The maximum atomic E-state index is 11.6. The maximum absolute atomic E-state index is 11.6. The minimum atomic E-state index is -2.88. The Bertz CT molecular complexity index is 285. The van der Waals surface area contributed by atoms with Gasteiger partial charge in [0.15, 0.2) is 9.84 Å². The predicted octanol–water partition coefficient (Wildman–Crippen LogP) is 1.72. The average molecular weight is 233 g/mol. The first-order valence-electron chi connectivity index (χ1n) is 5.90. The molecular weight excluding hydrogens is 210 g/mol. The lowest BCUT2D eigenvalue weighted by molar-refractivity contribution is 0.301. The van der Waals surface area contributed by atoms with E-state index in [1.165, 1.54) is 12.8 Å². The molecule has 1 fully saturated rings. The lowest BCUT2D eigenvalue weighted by Crippen LogP contribution is -2.34. The molecule has 0 spiro atoms. The molecule has 3 nitrogen and oxygen atoms in total. The summed E-state index contributed by atoms with van der Waals surface area (Å²) in [7, 11) is -2.88. The van der Waals surface area contributed by atoms with Crippen LogP contribution in [0.2, 0.25) is 0 Å². The van der Waals surface area contributed by atoms with Gasteiger partial charge in [-0.1, -0.05) is 12.8 Å². The van der Waals surface area contributed by atoms with Crippen molar-refractivity contribution in [3.8, 4) is 0 Å². The summed E-state index contributed by atoms with van der Waals surface area (Å²) in [4.78, 5) is 0. The van der Waals surface area contributed by atoms with Gasteiger partial charge in [0.05, 0.1) is 11.0 Å². The average Bonchev–Trinajstić information content (AvgIpc) is 2.16. The molecule has 0 radical (unpaired) electrons. The molecule has 0 aromatic heterocycles. The molecule has 90 valence electrons. The first kappa shape index (κ1) is 13.0. The molecule has 0 bridgehead atoms. The minimum absolute atomic E-state index is 0.223. The third-order valence-electron chi connectivity index (χ3n) is 3.46. The second kappa shape index (κ2) is 5.30. The molecule has 4 heteroatoms. The van der Waals surface area contributed by atoms with E-state index >= 15 is 0 Å². The van der Waals surface area contributed by atoms with Crippen molar-refractivity contribution < 1.29 is 8.42 Å². The van der Waals surface area contributed by atoms with Gasteiger partial charge in [-0.05, 0) is 39.0 Å². The minimum Gasteiger partial charge on any atom is -0.327 e. The van der Waals surface area contributed by atoms with Gasteiger partial charge in [-0.2, -0.15) is 0 Å². The fraction of sp³-hybridized carbons (Fsp3) is 1.00. The van der Waals surface area contributed by atoms with Gasteiger partial charge in [-0.15, -0.1) is 0 Å². The number of sulfone groups is 1. The van der Waals surface area contributed by atoms with E-state index in [-0.39, 0.29) is 11.3 Å². The summed E-state index contributed by atoms with van der Waals surface area (Å²) in [6.45, 7) is 3.49. The Kier molecular flexibility index (Phi) is 4.59. The van der Waals surface area contributed by atoms with Crippen LogP contribution >= 0.6 is 0 Å². The molecule has 0 aromatic carbocycles. The van der Waals surface area contributed by atoms with Crippen molar-refractivity contribution in [1.82, 2.24) is 0 Å². The van der Waals surface area contributed by atoms with Crippen molar-refractivity contribution in [3.05, 3.63) is 0 Å². The molecule has 2 unspecified atom stereocenters. The second-order valence-corrected chi connectivity index (χ2v) is 7.59. The summed E-state index contributed by atoms with van der Waals surface area (Å²) in [5, 5.41) is -0.252. The molecule has 0 amide bonds. The lowest BCUT2D eigenvalue weighted by atomic mass is 9.83. The molecule has 0 aliphatic heterocycles. The molecular formula is C11H23NO2S. The Morgan fingerprint density at radius 2 is 1.87 bits per heavy atom. The first-order chi connectivity index (χ1) is 6.93. The normalized spacial score (nSPS) is 28.3. The van der Waals surface area contributed by atoms with Crippen molar-refractivity contribution in [1.29, 1.82) is 0 Å². The van der Waals surface area contributed by atoms with Crippen LogP contribution in [0.4, 0.5) is 0 Å². The Balaban J connectivity index is 2.42. The van der Waals surface area contributed by atoms with Gasteiger partial charge in [0, 0.05) is 6.04 Å². The van der Waals surface area contributed by atoms with Crippen LogP contribution in [0.5, 0.6) is 0 Å². The SMILES string of the molecule is CC(C)S(=O)(=O)CCC1CCCCC1N. The zero-order valence-electron chi connectivity index (χ0n) is 9.78. The van der Waals surface area contributed by atoms with E-state index in [9.17, 15) is 8.42 Å². The van der Waals surface area contributed by atoms with Crippen LogP contribution in [0.15, 0.2) is 0 Å². The van der Waals surface area contributed by atoms with Crippen LogP contribution in [0.25, 0.3) is 0 Å². The van der Waals surface area contributed by atoms with Gasteiger partial charge in [-0.25, -0.2) is 8.42 Å². The molecule has 1 saturated carbocycles. The highest BCUT2D eigenvalue weighted by molar-refractivity contribution is 7.91. The zero-order valence-corrected chi connectivity index (χ0v) is 10.6. The molecule has 1 rings (SSSR count).